The van der Waals surface area contributed by atoms with Crippen molar-refractivity contribution in [3.63, 3.8) is 0 Å². The van der Waals surface area contributed by atoms with Gasteiger partial charge in [-0.2, -0.15) is 0 Å². The van der Waals surface area contributed by atoms with Crippen molar-refractivity contribution >= 4 is 11.8 Å². The smallest absolute Gasteiger partial charge is 0.253 e. The molecule has 2 aromatic rings. The molecule has 136 valence electrons. The van der Waals surface area contributed by atoms with Gasteiger partial charge in [0.2, 0.25) is 0 Å². The van der Waals surface area contributed by atoms with Crippen molar-refractivity contribution in [2.75, 3.05) is 20.1 Å². The molecule has 1 atom stereocenters. The van der Waals surface area contributed by atoms with Gasteiger partial charge in [-0.1, -0.05) is 18.2 Å². The minimum absolute atomic E-state index is 0.0300. The van der Waals surface area contributed by atoms with E-state index in [0.717, 1.165) is 5.82 Å². The SMILES string of the molecule is CNC(=O)[C@H]1Cn2ccnc2C2(CCN(C(=O)c3ccccc3)CC2)O1. The summed E-state index contributed by atoms with van der Waals surface area (Å²) in [6, 6.07) is 9.30. The lowest BCUT2D eigenvalue weighted by molar-refractivity contribution is -0.171. The molecular weight excluding hydrogens is 332 g/mol. The maximum atomic E-state index is 12.7. The average Bonchev–Trinajstić information content (AvgIpc) is 3.18. The highest BCUT2D eigenvalue weighted by Crippen LogP contribution is 2.40. The molecule has 3 heterocycles. The quantitative estimate of drug-likeness (QED) is 0.878. The van der Waals surface area contributed by atoms with Crippen LogP contribution in [-0.4, -0.2) is 52.5 Å². The summed E-state index contributed by atoms with van der Waals surface area (Å²) >= 11 is 0. The normalized spacial score (nSPS) is 21.3. The molecule has 2 amide bonds. The summed E-state index contributed by atoms with van der Waals surface area (Å²) < 4.78 is 8.25. The molecule has 4 rings (SSSR count). The zero-order valence-corrected chi connectivity index (χ0v) is 14.7. The average molecular weight is 354 g/mol. The van der Waals surface area contributed by atoms with E-state index in [9.17, 15) is 9.59 Å². The first-order chi connectivity index (χ1) is 12.6. The van der Waals surface area contributed by atoms with E-state index in [1.54, 1.807) is 13.2 Å². The minimum atomic E-state index is -0.619. The third-order valence-corrected chi connectivity index (χ3v) is 5.27. The van der Waals surface area contributed by atoms with Crippen LogP contribution < -0.4 is 5.32 Å². The first-order valence-corrected chi connectivity index (χ1v) is 8.88. The number of nitrogens with zero attached hydrogens (tertiary/aromatic N) is 3. The Bertz CT molecular complexity index is 809. The van der Waals surface area contributed by atoms with E-state index in [4.69, 9.17) is 4.74 Å². The number of carbonyl (C=O) groups is 2. The largest absolute Gasteiger partial charge is 0.357 e. The molecule has 0 bridgehead atoms. The second-order valence-corrected chi connectivity index (χ2v) is 6.78. The Morgan fingerprint density at radius 2 is 1.96 bits per heavy atom. The lowest BCUT2D eigenvalue weighted by Gasteiger charge is -2.45. The summed E-state index contributed by atoms with van der Waals surface area (Å²) in [6.07, 6.45) is 4.33. The van der Waals surface area contributed by atoms with Crippen LogP contribution in [0.3, 0.4) is 0 Å². The molecule has 7 heteroatoms. The number of imidazole rings is 1. The number of carbonyl (C=O) groups excluding carboxylic acids is 2. The van der Waals surface area contributed by atoms with E-state index in [-0.39, 0.29) is 11.8 Å². The van der Waals surface area contributed by atoms with Crippen molar-refractivity contribution in [1.82, 2.24) is 19.8 Å². The summed E-state index contributed by atoms with van der Waals surface area (Å²) in [5.41, 5.74) is 0.0737. The van der Waals surface area contributed by atoms with E-state index in [1.165, 1.54) is 0 Å². The van der Waals surface area contributed by atoms with Crippen molar-refractivity contribution in [2.24, 2.45) is 0 Å². The number of piperidine rings is 1. The lowest BCUT2D eigenvalue weighted by atomic mass is 9.88. The molecule has 0 unspecified atom stereocenters. The van der Waals surface area contributed by atoms with Gasteiger partial charge in [-0.25, -0.2) is 4.98 Å². The molecule has 2 aliphatic heterocycles. The number of rotatable bonds is 2. The van der Waals surface area contributed by atoms with E-state index >= 15 is 0 Å². The second kappa shape index (κ2) is 6.57. The molecule has 0 saturated carbocycles. The van der Waals surface area contributed by atoms with Crippen molar-refractivity contribution in [3.8, 4) is 0 Å². The molecule has 1 fully saturated rings. The fourth-order valence-electron chi connectivity index (χ4n) is 3.87. The van der Waals surface area contributed by atoms with Gasteiger partial charge in [0, 0.05) is 50.9 Å². The van der Waals surface area contributed by atoms with Crippen LogP contribution in [0, 0.1) is 0 Å². The number of hydrogen-bond acceptors (Lipinski definition) is 4. The van der Waals surface area contributed by atoms with Crippen molar-refractivity contribution < 1.29 is 14.3 Å². The highest BCUT2D eigenvalue weighted by Gasteiger charge is 2.47. The monoisotopic (exact) mass is 354 g/mol. The summed E-state index contributed by atoms with van der Waals surface area (Å²) in [5.74, 6) is 0.749. The van der Waals surface area contributed by atoms with Crippen molar-refractivity contribution in [3.05, 3.63) is 54.1 Å². The zero-order chi connectivity index (χ0) is 18.1. The number of aromatic nitrogens is 2. The highest BCUT2D eigenvalue weighted by atomic mass is 16.5. The Morgan fingerprint density at radius 3 is 2.65 bits per heavy atom. The van der Waals surface area contributed by atoms with Gasteiger partial charge in [-0.3, -0.25) is 9.59 Å². The van der Waals surface area contributed by atoms with Gasteiger partial charge in [-0.05, 0) is 12.1 Å². The van der Waals surface area contributed by atoms with Gasteiger partial charge in [-0.15, -0.1) is 0 Å². The second-order valence-electron chi connectivity index (χ2n) is 6.78. The van der Waals surface area contributed by atoms with E-state index in [2.05, 4.69) is 10.3 Å². The van der Waals surface area contributed by atoms with Crippen molar-refractivity contribution in [1.29, 1.82) is 0 Å². The number of fused-ring (bicyclic) bond motifs is 2. The van der Waals surface area contributed by atoms with Gasteiger partial charge in [0.1, 0.15) is 11.4 Å². The summed E-state index contributed by atoms with van der Waals surface area (Å²) in [5, 5.41) is 2.67. The molecule has 0 aliphatic carbocycles. The van der Waals surface area contributed by atoms with E-state index in [0.29, 0.717) is 38.0 Å². The zero-order valence-electron chi connectivity index (χ0n) is 14.7. The lowest BCUT2D eigenvalue weighted by Crippen LogP contribution is -2.54. The number of ether oxygens (including phenoxy) is 1. The molecule has 1 spiro atoms. The number of likely N-dealkylation sites (tertiary alicyclic amines) is 1. The molecule has 1 aromatic carbocycles. The standard InChI is InChI=1S/C19H22N4O3/c1-20-16(24)15-13-23-12-9-21-18(23)19(26-15)7-10-22(11-8-19)17(25)14-5-3-2-4-6-14/h2-6,9,12,15H,7-8,10-11,13H2,1H3,(H,20,24)/t15-/m1/s1. The Labute approximate surface area is 152 Å². The molecule has 26 heavy (non-hydrogen) atoms. The van der Waals surface area contributed by atoms with Gasteiger partial charge < -0.3 is 19.5 Å². The molecule has 1 aromatic heterocycles. The van der Waals surface area contributed by atoms with Crippen LogP contribution in [0.2, 0.25) is 0 Å². The molecular formula is C19H22N4O3. The maximum absolute atomic E-state index is 12.7. The van der Waals surface area contributed by atoms with Crippen LogP contribution in [0.15, 0.2) is 42.7 Å². The third-order valence-electron chi connectivity index (χ3n) is 5.27. The van der Waals surface area contributed by atoms with Gasteiger partial charge in [0.05, 0.1) is 6.54 Å². The van der Waals surface area contributed by atoms with Crippen LogP contribution in [0.1, 0.15) is 29.0 Å². The number of benzene rings is 1. The topological polar surface area (TPSA) is 76.5 Å². The fourth-order valence-corrected chi connectivity index (χ4v) is 3.87. The Hall–Kier alpha value is -2.67. The number of amides is 2. The van der Waals surface area contributed by atoms with Gasteiger partial charge in [0.25, 0.3) is 11.8 Å². The highest BCUT2D eigenvalue weighted by molar-refractivity contribution is 5.94. The fraction of sp³-hybridized carbons (Fsp3) is 0.421. The molecule has 1 saturated heterocycles. The van der Waals surface area contributed by atoms with Gasteiger partial charge in [0.15, 0.2) is 6.10 Å². The molecule has 2 aliphatic rings. The number of likely N-dealkylation sites (N-methyl/N-ethyl adjacent to an activating group) is 1. The van der Waals surface area contributed by atoms with Crippen LogP contribution in [0.25, 0.3) is 0 Å². The summed E-state index contributed by atoms with van der Waals surface area (Å²) in [4.78, 5) is 31.2. The number of hydrogen-bond donors (Lipinski definition) is 1. The first kappa shape index (κ1) is 16.8. The van der Waals surface area contributed by atoms with Crippen LogP contribution in [-0.2, 0) is 21.7 Å². The Morgan fingerprint density at radius 1 is 1.23 bits per heavy atom. The van der Waals surface area contributed by atoms with Crippen LogP contribution in [0.4, 0.5) is 0 Å². The summed E-state index contributed by atoms with van der Waals surface area (Å²) in [7, 11) is 1.61. The van der Waals surface area contributed by atoms with Gasteiger partial charge >= 0.3 is 0 Å². The van der Waals surface area contributed by atoms with E-state index in [1.807, 2.05) is 46.0 Å². The summed E-state index contributed by atoms with van der Waals surface area (Å²) in [6.45, 7) is 1.60. The molecule has 7 nitrogen and oxygen atoms in total. The first-order valence-electron chi connectivity index (χ1n) is 8.88. The van der Waals surface area contributed by atoms with Crippen LogP contribution >= 0.6 is 0 Å². The number of nitrogens with one attached hydrogen (secondary N) is 1. The molecule has 0 radical (unpaired) electrons. The third kappa shape index (κ3) is 2.78. The van der Waals surface area contributed by atoms with Crippen LogP contribution in [0.5, 0.6) is 0 Å². The van der Waals surface area contributed by atoms with Crippen molar-refractivity contribution in [2.45, 2.75) is 31.1 Å². The predicted octanol–water partition coefficient (Wildman–Crippen LogP) is 1.16. The Balaban J connectivity index is 1.54. The van der Waals surface area contributed by atoms with E-state index < -0.39 is 11.7 Å². The predicted molar refractivity (Wildman–Crippen MR) is 94.4 cm³/mol. The molecule has 1 N–H and O–H groups in total. The minimum Gasteiger partial charge on any atom is -0.357 e. The Kier molecular flexibility index (Phi) is 4.24. The maximum Gasteiger partial charge on any atom is 0.253 e.